The molecule has 4 aromatic rings. The topological polar surface area (TPSA) is 79.8 Å². The summed E-state index contributed by atoms with van der Waals surface area (Å²) in [5.41, 5.74) is 7.57. The van der Waals surface area contributed by atoms with Crippen molar-refractivity contribution in [3.05, 3.63) is 59.4 Å². The van der Waals surface area contributed by atoms with Gasteiger partial charge in [0.25, 0.3) is 0 Å². The Kier molecular flexibility index (Phi) is 4.56. The van der Waals surface area contributed by atoms with Crippen LogP contribution in [-0.2, 0) is 19.4 Å². The van der Waals surface area contributed by atoms with E-state index in [1.165, 1.54) is 17.7 Å². The monoisotopic (exact) mass is 426 g/mol. The number of aryl methyl sites for hydroxylation is 1. The van der Waals surface area contributed by atoms with Gasteiger partial charge in [-0.25, -0.2) is 19.9 Å². The number of nitrogens with one attached hydrogen (secondary N) is 1. The summed E-state index contributed by atoms with van der Waals surface area (Å²) in [6.07, 6.45) is 6.90. The maximum absolute atomic E-state index is 6.11. The maximum atomic E-state index is 6.11. The van der Waals surface area contributed by atoms with Crippen LogP contribution in [0.25, 0.3) is 22.3 Å². The minimum Gasteiger partial charge on any atom is -0.491 e. The second kappa shape index (κ2) is 7.58. The first-order chi connectivity index (χ1) is 15.6. The standard InChI is InChI=1S/C25H26N6O/c1-15-3-5-20-21(9-15)27-14-28-25(20)31-7-8-32-23-6-4-17(10-19(23)13-31)18-11-22-24(26-12-18)30-16(2)29-22/h4,6,10-12,14-15H,3,5,7-9,13H2,1-2H3,(H,26,29,30)/t15-/m0/s1. The molecule has 7 nitrogen and oxygen atoms in total. The maximum Gasteiger partial charge on any atom is 0.177 e. The molecule has 1 aliphatic carbocycles. The fourth-order valence-electron chi connectivity index (χ4n) is 4.90. The number of hydrogen-bond acceptors (Lipinski definition) is 6. The van der Waals surface area contributed by atoms with Gasteiger partial charge in [-0.15, -0.1) is 0 Å². The molecule has 0 bridgehead atoms. The molecule has 1 aromatic carbocycles. The zero-order valence-corrected chi connectivity index (χ0v) is 18.4. The van der Waals surface area contributed by atoms with E-state index >= 15 is 0 Å². The Hall–Kier alpha value is -3.48. The molecular weight excluding hydrogens is 400 g/mol. The molecule has 0 spiro atoms. The number of imidazole rings is 1. The summed E-state index contributed by atoms with van der Waals surface area (Å²) in [4.78, 5) is 23.9. The average molecular weight is 427 g/mol. The van der Waals surface area contributed by atoms with Gasteiger partial charge < -0.3 is 14.6 Å². The lowest BCUT2D eigenvalue weighted by Gasteiger charge is -2.28. The first kappa shape index (κ1) is 19.2. The number of aromatic amines is 1. The first-order valence-corrected chi connectivity index (χ1v) is 11.3. The van der Waals surface area contributed by atoms with E-state index < -0.39 is 0 Å². The van der Waals surface area contributed by atoms with Gasteiger partial charge in [-0.3, -0.25) is 0 Å². The lowest BCUT2D eigenvalue weighted by molar-refractivity contribution is 0.331. The van der Waals surface area contributed by atoms with Gasteiger partial charge in [0.05, 0.1) is 12.1 Å². The second-order valence-corrected chi connectivity index (χ2v) is 8.98. The van der Waals surface area contributed by atoms with Crippen molar-refractivity contribution >= 4 is 17.0 Å². The Balaban J connectivity index is 1.35. The van der Waals surface area contributed by atoms with E-state index in [4.69, 9.17) is 9.72 Å². The van der Waals surface area contributed by atoms with Gasteiger partial charge in [-0.1, -0.05) is 13.0 Å². The minimum atomic E-state index is 0.641. The van der Waals surface area contributed by atoms with Crippen molar-refractivity contribution in [3.63, 3.8) is 0 Å². The lowest BCUT2D eigenvalue weighted by Crippen LogP contribution is -2.29. The Labute approximate surface area is 186 Å². The average Bonchev–Trinajstić information content (AvgIpc) is 3.04. The molecule has 162 valence electrons. The van der Waals surface area contributed by atoms with E-state index in [1.54, 1.807) is 6.33 Å². The zero-order valence-electron chi connectivity index (χ0n) is 18.4. The van der Waals surface area contributed by atoms with E-state index in [0.29, 0.717) is 12.5 Å². The number of ether oxygens (including phenoxy) is 1. The Morgan fingerprint density at radius 1 is 1.12 bits per heavy atom. The van der Waals surface area contributed by atoms with Gasteiger partial charge >= 0.3 is 0 Å². The summed E-state index contributed by atoms with van der Waals surface area (Å²) in [5.74, 6) is 3.57. The van der Waals surface area contributed by atoms with Crippen molar-refractivity contribution in [2.24, 2.45) is 5.92 Å². The number of hydrogen-bond donors (Lipinski definition) is 1. The van der Waals surface area contributed by atoms with Crippen molar-refractivity contribution in [3.8, 4) is 16.9 Å². The van der Waals surface area contributed by atoms with Crippen LogP contribution in [0.3, 0.4) is 0 Å². The van der Waals surface area contributed by atoms with Crippen molar-refractivity contribution in [1.82, 2.24) is 24.9 Å². The molecule has 4 heterocycles. The van der Waals surface area contributed by atoms with E-state index in [9.17, 15) is 0 Å². The van der Waals surface area contributed by atoms with Crippen LogP contribution >= 0.6 is 0 Å². The summed E-state index contributed by atoms with van der Waals surface area (Å²) in [5, 5.41) is 0. The van der Waals surface area contributed by atoms with Gasteiger partial charge in [0.15, 0.2) is 5.65 Å². The molecule has 0 unspecified atom stereocenters. The normalized spacial score (nSPS) is 18.1. The predicted octanol–water partition coefficient (Wildman–Crippen LogP) is 4.25. The third kappa shape index (κ3) is 3.38. The quantitative estimate of drug-likeness (QED) is 0.516. The molecule has 2 aliphatic rings. The van der Waals surface area contributed by atoms with Crippen LogP contribution in [-0.4, -0.2) is 38.1 Å². The van der Waals surface area contributed by atoms with Crippen LogP contribution in [0.1, 0.15) is 36.0 Å². The number of nitrogens with zero attached hydrogens (tertiary/aromatic N) is 5. The molecule has 0 fully saturated rings. The van der Waals surface area contributed by atoms with E-state index in [-0.39, 0.29) is 0 Å². The highest BCUT2D eigenvalue weighted by Gasteiger charge is 2.25. The van der Waals surface area contributed by atoms with Crippen LogP contribution in [0.4, 0.5) is 5.82 Å². The van der Waals surface area contributed by atoms with E-state index in [0.717, 1.165) is 71.2 Å². The third-order valence-corrected chi connectivity index (χ3v) is 6.57. The molecule has 1 atom stereocenters. The molecule has 0 saturated heterocycles. The number of anilines is 1. The fraction of sp³-hybridized carbons (Fsp3) is 0.360. The summed E-state index contributed by atoms with van der Waals surface area (Å²) >= 11 is 0. The third-order valence-electron chi connectivity index (χ3n) is 6.57. The number of H-pyrrole nitrogens is 1. The molecule has 32 heavy (non-hydrogen) atoms. The van der Waals surface area contributed by atoms with Crippen molar-refractivity contribution < 1.29 is 4.74 Å². The highest BCUT2D eigenvalue weighted by Crippen LogP contribution is 2.34. The van der Waals surface area contributed by atoms with Crippen LogP contribution in [0.2, 0.25) is 0 Å². The summed E-state index contributed by atoms with van der Waals surface area (Å²) < 4.78 is 6.11. The number of rotatable bonds is 2. The van der Waals surface area contributed by atoms with E-state index in [2.05, 4.69) is 56.0 Å². The molecule has 1 aliphatic heterocycles. The van der Waals surface area contributed by atoms with Gasteiger partial charge in [-0.05, 0) is 55.9 Å². The summed E-state index contributed by atoms with van der Waals surface area (Å²) in [7, 11) is 0. The molecule has 1 N–H and O–H groups in total. The molecule has 3 aromatic heterocycles. The van der Waals surface area contributed by atoms with Crippen LogP contribution in [0, 0.1) is 12.8 Å². The van der Waals surface area contributed by atoms with Crippen molar-refractivity contribution in [1.29, 1.82) is 0 Å². The van der Waals surface area contributed by atoms with Gasteiger partial charge in [-0.2, -0.15) is 0 Å². The molecule has 0 amide bonds. The molecule has 6 rings (SSSR count). The lowest BCUT2D eigenvalue weighted by atomic mass is 9.88. The van der Waals surface area contributed by atoms with Gasteiger partial charge in [0.1, 0.15) is 30.3 Å². The number of fused-ring (bicyclic) bond motifs is 3. The smallest absolute Gasteiger partial charge is 0.177 e. The molecule has 0 radical (unpaired) electrons. The van der Waals surface area contributed by atoms with Crippen LogP contribution in [0.15, 0.2) is 36.8 Å². The molecule has 7 heteroatoms. The first-order valence-electron chi connectivity index (χ1n) is 11.3. The Bertz CT molecular complexity index is 1310. The highest BCUT2D eigenvalue weighted by atomic mass is 16.5. The predicted molar refractivity (Wildman–Crippen MR) is 124 cm³/mol. The highest BCUT2D eigenvalue weighted by molar-refractivity contribution is 5.78. The Morgan fingerprint density at radius 3 is 3.00 bits per heavy atom. The fourth-order valence-corrected chi connectivity index (χ4v) is 4.90. The van der Waals surface area contributed by atoms with Crippen LogP contribution < -0.4 is 9.64 Å². The minimum absolute atomic E-state index is 0.641. The Morgan fingerprint density at radius 2 is 2.06 bits per heavy atom. The second-order valence-electron chi connectivity index (χ2n) is 8.98. The number of aromatic nitrogens is 5. The zero-order chi connectivity index (χ0) is 21.7. The number of pyridine rings is 1. The van der Waals surface area contributed by atoms with Crippen LogP contribution in [0.5, 0.6) is 5.75 Å². The summed E-state index contributed by atoms with van der Waals surface area (Å²) in [6.45, 7) is 6.47. The van der Waals surface area contributed by atoms with Gasteiger partial charge in [0.2, 0.25) is 0 Å². The SMILES string of the molecule is Cc1nc2ncc(-c3ccc4c(c3)CN(c3ncnc5c3CC[C@H](C)C5)CCO4)cc2[nH]1. The van der Waals surface area contributed by atoms with Crippen molar-refractivity contribution in [2.75, 3.05) is 18.1 Å². The van der Waals surface area contributed by atoms with Crippen molar-refractivity contribution in [2.45, 2.75) is 39.7 Å². The largest absolute Gasteiger partial charge is 0.491 e. The molecule has 0 saturated carbocycles. The van der Waals surface area contributed by atoms with Gasteiger partial charge in [0, 0.05) is 35.1 Å². The number of benzene rings is 1. The van der Waals surface area contributed by atoms with E-state index in [1.807, 2.05) is 13.1 Å². The molecular formula is C25H26N6O. The summed E-state index contributed by atoms with van der Waals surface area (Å²) in [6, 6.07) is 8.51.